The molecule has 3 rings (SSSR count). The van der Waals surface area contributed by atoms with Gasteiger partial charge >= 0.3 is 0 Å². The van der Waals surface area contributed by atoms with Crippen LogP contribution in [0.1, 0.15) is 63.2 Å². The molecule has 0 bridgehead atoms. The van der Waals surface area contributed by atoms with E-state index in [1.165, 1.54) is 10.4 Å². The highest BCUT2D eigenvalue weighted by atomic mass is 32.2. The van der Waals surface area contributed by atoms with Gasteiger partial charge in [-0.3, -0.25) is 4.79 Å². The van der Waals surface area contributed by atoms with Crippen LogP contribution < -0.4 is 5.32 Å². The summed E-state index contributed by atoms with van der Waals surface area (Å²) in [5.41, 5.74) is 1.35. The number of carbonyl (C=O) groups excluding carboxylic acids is 1. The molecule has 0 unspecified atom stereocenters. The second kappa shape index (κ2) is 8.61. The first kappa shape index (κ1) is 24.4. The summed E-state index contributed by atoms with van der Waals surface area (Å²) in [6.45, 7) is 15.4. The van der Waals surface area contributed by atoms with Crippen LogP contribution in [-0.2, 0) is 25.7 Å². The number of benzene rings is 1. The number of nitrogens with zero attached hydrogens (tertiary/aromatic N) is 3. The number of sulfonamides is 1. The van der Waals surface area contributed by atoms with Crippen LogP contribution in [0.3, 0.4) is 0 Å². The first-order chi connectivity index (χ1) is 14.7. The maximum atomic E-state index is 13.2. The molecule has 1 N–H and O–H groups in total. The Hall–Kier alpha value is -2.23. The highest BCUT2D eigenvalue weighted by Crippen LogP contribution is 2.29. The van der Waals surface area contributed by atoms with E-state index < -0.39 is 10.0 Å². The Morgan fingerprint density at radius 3 is 2.25 bits per heavy atom. The number of nitrogens with one attached hydrogen (secondary N) is 1. The Balaban J connectivity index is 1.95. The van der Waals surface area contributed by atoms with Gasteiger partial charge in [-0.15, -0.1) is 0 Å². The van der Waals surface area contributed by atoms with Crippen LogP contribution in [0.2, 0.25) is 0 Å². The molecule has 0 saturated carbocycles. The number of amides is 1. The summed E-state index contributed by atoms with van der Waals surface area (Å²) < 4.78 is 34.6. The molecule has 0 aliphatic carbocycles. The predicted octanol–water partition coefficient (Wildman–Crippen LogP) is 3.52. The van der Waals surface area contributed by atoms with Crippen molar-refractivity contribution in [2.45, 2.75) is 64.3 Å². The lowest BCUT2D eigenvalue weighted by Gasteiger charge is -2.26. The fraction of sp³-hybridized carbons (Fsp3) is 0.565. The molecule has 0 radical (unpaired) electrons. The Morgan fingerprint density at radius 2 is 1.69 bits per heavy atom. The molecular formula is C23H34N4O4S. The van der Waals surface area contributed by atoms with Crippen molar-refractivity contribution in [2.24, 2.45) is 0 Å². The molecule has 2 aromatic rings. The fourth-order valence-corrected chi connectivity index (χ4v) is 4.91. The zero-order valence-corrected chi connectivity index (χ0v) is 20.8. The van der Waals surface area contributed by atoms with Gasteiger partial charge in [-0.2, -0.15) is 9.40 Å². The highest BCUT2D eigenvalue weighted by Gasteiger charge is 2.29. The summed E-state index contributed by atoms with van der Waals surface area (Å²) in [4.78, 5) is 13.4. The van der Waals surface area contributed by atoms with Gasteiger partial charge in [0.1, 0.15) is 5.82 Å². The van der Waals surface area contributed by atoms with Gasteiger partial charge in [0.2, 0.25) is 10.0 Å². The van der Waals surface area contributed by atoms with E-state index in [9.17, 15) is 13.2 Å². The summed E-state index contributed by atoms with van der Waals surface area (Å²) in [6, 6.07) is 6.56. The smallest absolute Gasteiger partial charge is 0.257 e. The van der Waals surface area contributed by atoms with Crippen LogP contribution in [-0.4, -0.2) is 54.7 Å². The van der Waals surface area contributed by atoms with Gasteiger partial charge in [0.05, 0.1) is 29.3 Å². The second-order valence-electron chi connectivity index (χ2n) is 10.2. The van der Waals surface area contributed by atoms with Crippen LogP contribution in [0, 0.1) is 6.92 Å². The maximum absolute atomic E-state index is 13.2. The lowest BCUT2D eigenvalue weighted by molar-refractivity contribution is 0.0730. The Bertz CT molecular complexity index is 1100. The van der Waals surface area contributed by atoms with Crippen molar-refractivity contribution in [3.05, 3.63) is 41.1 Å². The molecule has 2 heterocycles. The third-order valence-corrected chi connectivity index (χ3v) is 7.31. The van der Waals surface area contributed by atoms with E-state index in [-0.39, 0.29) is 21.8 Å². The van der Waals surface area contributed by atoms with Gasteiger partial charge in [0.25, 0.3) is 5.91 Å². The topological polar surface area (TPSA) is 93.5 Å². The quantitative estimate of drug-likeness (QED) is 0.750. The average Bonchev–Trinajstić information content (AvgIpc) is 3.13. The first-order valence-corrected chi connectivity index (χ1v) is 12.3. The van der Waals surface area contributed by atoms with Crippen molar-refractivity contribution in [3.63, 3.8) is 0 Å². The van der Waals surface area contributed by atoms with Gasteiger partial charge < -0.3 is 10.1 Å². The minimum absolute atomic E-state index is 0.106. The van der Waals surface area contributed by atoms with Gasteiger partial charge in [0, 0.05) is 30.1 Å². The molecule has 32 heavy (non-hydrogen) atoms. The van der Waals surface area contributed by atoms with E-state index >= 15 is 0 Å². The van der Waals surface area contributed by atoms with Crippen molar-refractivity contribution in [3.8, 4) is 0 Å². The van der Waals surface area contributed by atoms with E-state index in [1.54, 1.807) is 23.7 Å². The molecule has 1 aliphatic heterocycles. The molecule has 0 spiro atoms. The van der Waals surface area contributed by atoms with Crippen LogP contribution in [0.5, 0.6) is 0 Å². The lowest BCUT2D eigenvalue weighted by Crippen LogP contribution is -2.40. The molecule has 9 heteroatoms. The largest absolute Gasteiger partial charge is 0.379 e. The number of aryl methyl sites for hydroxylation is 1. The molecule has 1 fully saturated rings. The normalized spacial score (nSPS) is 16.2. The van der Waals surface area contributed by atoms with Crippen LogP contribution >= 0.6 is 0 Å². The van der Waals surface area contributed by atoms with E-state index in [0.717, 1.165) is 5.69 Å². The van der Waals surface area contributed by atoms with Crippen LogP contribution in [0.25, 0.3) is 0 Å². The van der Waals surface area contributed by atoms with Crippen molar-refractivity contribution in [1.82, 2.24) is 14.1 Å². The van der Waals surface area contributed by atoms with E-state index in [4.69, 9.17) is 9.84 Å². The Kier molecular flexibility index (Phi) is 6.57. The molecule has 1 aromatic carbocycles. The van der Waals surface area contributed by atoms with Gasteiger partial charge in [-0.25, -0.2) is 13.1 Å². The SMILES string of the molecule is Cc1ccc(S(=O)(=O)N2CCOCC2)cc1C(=O)Nc1cc(C(C)(C)C)nn1C(C)(C)C. The number of hydrogen-bond acceptors (Lipinski definition) is 5. The number of carbonyl (C=O) groups is 1. The summed E-state index contributed by atoms with van der Waals surface area (Å²) in [7, 11) is -3.70. The average molecular weight is 463 g/mol. The number of aromatic nitrogens is 2. The monoisotopic (exact) mass is 462 g/mol. The number of hydrogen-bond donors (Lipinski definition) is 1. The van der Waals surface area contributed by atoms with Gasteiger partial charge in [0.15, 0.2) is 0 Å². The Labute approximate surface area is 191 Å². The number of rotatable bonds is 4. The summed E-state index contributed by atoms with van der Waals surface area (Å²) in [6.07, 6.45) is 0. The highest BCUT2D eigenvalue weighted by molar-refractivity contribution is 7.89. The van der Waals surface area contributed by atoms with Gasteiger partial charge in [-0.1, -0.05) is 26.8 Å². The van der Waals surface area contributed by atoms with Crippen molar-refractivity contribution in [1.29, 1.82) is 0 Å². The molecule has 1 amide bonds. The van der Waals surface area contributed by atoms with Crippen LogP contribution in [0.4, 0.5) is 5.82 Å². The zero-order chi connectivity index (χ0) is 23.9. The third kappa shape index (κ3) is 5.05. The number of morpholine rings is 1. The minimum atomic E-state index is -3.70. The molecule has 1 saturated heterocycles. The predicted molar refractivity (Wildman–Crippen MR) is 125 cm³/mol. The van der Waals surface area contributed by atoms with Gasteiger partial charge in [-0.05, 0) is 45.4 Å². The molecule has 1 aromatic heterocycles. The Morgan fingerprint density at radius 1 is 1.06 bits per heavy atom. The number of anilines is 1. The summed E-state index contributed by atoms with van der Waals surface area (Å²) >= 11 is 0. The maximum Gasteiger partial charge on any atom is 0.257 e. The van der Waals surface area contributed by atoms with Crippen molar-refractivity contribution < 1.29 is 17.9 Å². The first-order valence-electron chi connectivity index (χ1n) is 10.8. The standard InChI is InChI=1S/C23H34N4O4S/c1-16-8-9-17(32(29,30)26-10-12-31-13-11-26)14-18(16)21(28)24-20-15-19(22(2,3)4)25-27(20)23(5,6)7/h8-9,14-15H,10-13H2,1-7H3,(H,24,28). The summed E-state index contributed by atoms with van der Waals surface area (Å²) in [5.74, 6) is 0.209. The fourth-order valence-electron chi connectivity index (χ4n) is 3.47. The second-order valence-corrected chi connectivity index (χ2v) is 12.1. The third-order valence-electron chi connectivity index (χ3n) is 5.42. The van der Waals surface area contributed by atoms with Crippen LogP contribution in [0.15, 0.2) is 29.2 Å². The minimum Gasteiger partial charge on any atom is -0.379 e. The molecular weight excluding hydrogens is 428 g/mol. The zero-order valence-electron chi connectivity index (χ0n) is 20.0. The van der Waals surface area contributed by atoms with Crippen molar-refractivity contribution in [2.75, 3.05) is 31.6 Å². The summed E-state index contributed by atoms with van der Waals surface area (Å²) in [5, 5.41) is 7.69. The molecule has 0 atom stereocenters. The molecule has 176 valence electrons. The number of ether oxygens (including phenoxy) is 1. The van der Waals surface area contributed by atoms with E-state index in [2.05, 4.69) is 26.1 Å². The lowest BCUT2D eigenvalue weighted by atomic mass is 9.92. The van der Waals surface area contributed by atoms with E-state index in [1.807, 2.05) is 26.8 Å². The van der Waals surface area contributed by atoms with Crippen molar-refractivity contribution >= 4 is 21.7 Å². The molecule has 1 aliphatic rings. The van der Waals surface area contributed by atoms with E-state index in [0.29, 0.717) is 43.2 Å². The molecule has 8 nitrogen and oxygen atoms in total.